The van der Waals surface area contributed by atoms with Gasteiger partial charge in [0.1, 0.15) is 5.65 Å². The van der Waals surface area contributed by atoms with Crippen molar-refractivity contribution in [3.8, 4) is 0 Å². The van der Waals surface area contributed by atoms with Gasteiger partial charge in [-0.1, -0.05) is 20.8 Å². The van der Waals surface area contributed by atoms with Gasteiger partial charge in [-0.3, -0.25) is 4.79 Å². The third-order valence-electron chi connectivity index (χ3n) is 3.11. The number of nitrogens with one attached hydrogen (secondary N) is 1. The minimum atomic E-state index is -0.144. The highest BCUT2D eigenvalue weighted by atomic mass is 16.3. The van der Waals surface area contributed by atoms with Gasteiger partial charge in [0.05, 0.1) is 11.4 Å². The molecule has 0 bridgehead atoms. The largest absolute Gasteiger partial charge is 0.396 e. The summed E-state index contributed by atoms with van der Waals surface area (Å²) >= 11 is 0. The second kappa shape index (κ2) is 4.24. The molecule has 2 heterocycles. The molecule has 98 valence electrons. The molecule has 0 amide bonds. The highest BCUT2D eigenvalue weighted by Crippen LogP contribution is 2.21. The fourth-order valence-corrected chi connectivity index (χ4v) is 1.98. The number of fused-ring (bicyclic) bond motifs is 1. The molecule has 2 aromatic rings. The first-order valence-electron chi connectivity index (χ1n) is 6.07. The molecule has 0 aliphatic carbocycles. The molecular formula is C13H19N3O2. The van der Waals surface area contributed by atoms with E-state index in [2.05, 4.69) is 30.9 Å². The first-order chi connectivity index (χ1) is 8.34. The molecule has 0 atom stereocenters. The van der Waals surface area contributed by atoms with Crippen LogP contribution < -0.4 is 5.56 Å². The Morgan fingerprint density at radius 1 is 1.44 bits per heavy atom. The molecule has 2 N–H and O–H groups in total. The standard InChI is InChI=1S/C13H19N3O2/c1-8-9(5-6-17)12(18)14-11-7-10(13(2,3)4)15-16(8)11/h7,17H,5-6H2,1-4H3,(H,14,18). The molecule has 0 aliphatic heterocycles. The fourth-order valence-electron chi connectivity index (χ4n) is 1.98. The summed E-state index contributed by atoms with van der Waals surface area (Å²) < 4.78 is 1.74. The maximum absolute atomic E-state index is 11.9. The van der Waals surface area contributed by atoms with Crippen molar-refractivity contribution in [3.05, 3.63) is 33.4 Å². The number of aromatic nitrogens is 3. The third kappa shape index (κ3) is 2.06. The monoisotopic (exact) mass is 249 g/mol. The summed E-state index contributed by atoms with van der Waals surface area (Å²) in [6.45, 7) is 8.06. The molecule has 18 heavy (non-hydrogen) atoms. The highest BCUT2D eigenvalue weighted by Gasteiger charge is 2.19. The van der Waals surface area contributed by atoms with Gasteiger partial charge in [-0.25, -0.2) is 4.52 Å². The van der Waals surface area contributed by atoms with E-state index in [9.17, 15) is 4.79 Å². The van der Waals surface area contributed by atoms with E-state index in [0.717, 1.165) is 11.4 Å². The Balaban J connectivity index is 2.71. The number of aliphatic hydroxyl groups is 1. The first kappa shape index (κ1) is 12.8. The molecule has 0 saturated heterocycles. The lowest BCUT2D eigenvalue weighted by atomic mass is 9.93. The van der Waals surface area contributed by atoms with E-state index < -0.39 is 0 Å². The van der Waals surface area contributed by atoms with Gasteiger partial charge in [0.2, 0.25) is 0 Å². The summed E-state index contributed by atoms with van der Waals surface area (Å²) in [7, 11) is 0. The van der Waals surface area contributed by atoms with Crippen molar-refractivity contribution < 1.29 is 5.11 Å². The number of nitrogens with zero attached hydrogens (tertiary/aromatic N) is 2. The van der Waals surface area contributed by atoms with Crippen LogP contribution in [-0.4, -0.2) is 26.3 Å². The van der Waals surface area contributed by atoms with Crippen LogP contribution in [0.1, 0.15) is 37.7 Å². The van der Waals surface area contributed by atoms with Gasteiger partial charge in [0, 0.05) is 30.1 Å². The third-order valence-corrected chi connectivity index (χ3v) is 3.11. The van der Waals surface area contributed by atoms with E-state index >= 15 is 0 Å². The lowest BCUT2D eigenvalue weighted by molar-refractivity contribution is 0.298. The van der Waals surface area contributed by atoms with E-state index in [1.54, 1.807) is 4.52 Å². The number of aliphatic hydroxyl groups excluding tert-OH is 1. The van der Waals surface area contributed by atoms with Crippen molar-refractivity contribution in [2.24, 2.45) is 0 Å². The summed E-state index contributed by atoms with van der Waals surface area (Å²) in [5.41, 5.74) is 2.81. The van der Waals surface area contributed by atoms with Crippen molar-refractivity contribution in [2.45, 2.75) is 39.5 Å². The van der Waals surface area contributed by atoms with Crippen LogP contribution in [0.4, 0.5) is 0 Å². The Kier molecular flexibility index (Phi) is 3.02. The Morgan fingerprint density at radius 3 is 2.67 bits per heavy atom. The number of hydrogen-bond donors (Lipinski definition) is 2. The summed E-state index contributed by atoms with van der Waals surface area (Å²) in [6.07, 6.45) is 0.349. The zero-order valence-electron chi connectivity index (χ0n) is 11.2. The van der Waals surface area contributed by atoms with E-state index in [4.69, 9.17) is 5.11 Å². The smallest absolute Gasteiger partial charge is 0.254 e. The number of rotatable bonds is 2. The van der Waals surface area contributed by atoms with Crippen LogP contribution in [0.25, 0.3) is 5.65 Å². The molecular weight excluding hydrogens is 230 g/mol. The first-order valence-corrected chi connectivity index (χ1v) is 6.07. The minimum Gasteiger partial charge on any atom is -0.396 e. The quantitative estimate of drug-likeness (QED) is 0.839. The Labute approximate surface area is 105 Å². The summed E-state index contributed by atoms with van der Waals surface area (Å²) in [5.74, 6) is 0. The molecule has 5 nitrogen and oxygen atoms in total. The van der Waals surface area contributed by atoms with Crippen molar-refractivity contribution in [1.29, 1.82) is 0 Å². The van der Waals surface area contributed by atoms with Crippen molar-refractivity contribution in [3.63, 3.8) is 0 Å². The van der Waals surface area contributed by atoms with Crippen LogP contribution in [-0.2, 0) is 11.8 Å². The molecule has 5 heteroatoms. The molecule has 2 aromatic heterocycles. The number of aromatic amines is 1. The lowest BCUT2D eigenvalue weighted by Gasteiger charge is -2.13. The van der Waals surface area contributed by atoms with Gasteiger partial charge in [-0.2, -0.15) is 5.10 Å². The van der Waals surface area contributed by atoms with Gasteiger partial charge in [0.25, 0.3) is 5.56 Å². The van der Waals surface area contributed by atoms with Crippen LogP contribution in [0.2, 0.25) is 0 Å². The second-order valence-corrected chi connectivity index (χ2v) is 5.57. The maximum Gasteiger partial charge on any atom is 0.254 e. The highest BCUT2D eigenvalue weighted by molar-refractivity contribution is 5.43. The molecule has 0 aromatic carbocycles. The molecule has 2 rings (SSSR count). The van der Waals surface area contributed by atoms with Crippen LogP contribution in [0.5, 0.6) is 0 Å². The maximum atomic E-state index is 11.9. The SMILES string of the molecule is Cc1c(CCO)c(=O)[nH]c2cc(C(C)(C)C)nn12. The van der Waals surface area contributed by atoms with E-state index in [-0.39, 0.29) is 17.6 Å². The van der Waals surface area contributed by atoms with Crippen molar-refractivity contribution in [1.82, 2.24) is 14.6 Å². The van der Waals surface area contributed by atoms with Gasteiger partial charge in [0.15, 0.2) is 0 Å². The normalized spacial score (nSPS) is 12.3. The zero-order valence-corrected chi connectivity index (χ0v) is 11.2. The van der Waals surface area contributed by atoms with Gasteiger partial charge >= 0.3 is 0 Å². The topological polar surface area (TPSA) is 70.4 Å². The average molecular weight is 249 g/mol. The molecule has 0 fully saturated rings. The van der Waals surface area contributed by atoms with Gasteiger partial charge in [-0.15, -0.1) is 0 Å². The summed E-state index contributed by atoms with van der Waals surface area (Å²) in [4.78, 5) is 14.7. The predicted octanol–water partition coefficient (Wildman–Crippen LogP) is 1.16. The Morgan fingerprint density at radius 2 is 2.11 bits per heavy atom. The lowest BCUT2D eigenvalue weighted by Crippen LogP contribution is -2.19. The number of aryl methyl sites for hydroxylation is 1. The fraction of sp³-hybridized carbons (Fsp3) is 0.538. The van der Waals surface area contributed by atoms with Gasteiger partial charge in [-0.05, 0) is 6.92 Å². The van der Waals surface area contributed by atoms with Gasteiger partial charge < -0.3 is 10.1 Å². The van der Waals surface area contributed by atoms with E-state index in [0.29, 0.717) is 17.6 Å². The van der Waals surface area contributed by atoms with Crippen LogP contribution in [0.15, 0.2) is 10.9 Å². The number of H-pyrrole nitrogens is 1. The number of hydrogen-bond acceptors (Lipinski definition) is 3. The second-order valence-electron chi connectivity index (χ2n) is 5.57. The van der Waals surface area contributed by atoms with Crippen molar-refractivity contribution >= 4 is 5.65 Å². The predicted molar refractivity (Wildman–Crippen MR) is 70.0 cm³/mol. The zero-order chi connectivity index (χ0) is 13.5. The van der Waals surface area contributed by atoms with Crippen LogP contribution in [0.3, 0.4) is 0 Å². The Hall–Kier alpha value is -1.62. The molecule has 0 aliphatic rings. The Bertz CT molecular complexity index is 632. The summed E-state index contributed by atoms with van der Waals surface area (Å²) in [5, 5.41) is 13.5. The average Bonchev–Trinajstić information content (AvgIpc) is 2.67. The molecule has 0 radical (unpaired) electrons. The summed E-state index contributed by atoms with van der Waals surface area (Å²) in [6, 6.07) is 1.90. The van der Waals surface area contributed by atoms with E-state index in [1.165, 1.54) is 0 Å². The van der Waals surface area contributed by atoms with Crippen LogP contribution >= 0.6 is 0 Å². The minimum absolute atomic E-state index is 0.0389. The van der Waals surface area contributed by atoms with Crippen molar-refractivity contribution in [2.75, 3.05) is 6.61 Å². The molecule has 0 unspecified atom stereocenters. The molecule has 0 saturated carbocycles. The molecule has 0 spiro atoms. The van der Waals surface area contributed by atoms with E-state index in [1.807, 2.05) is 13.0 Å². The van der Waals surface area contributed by atoms with Crippen LogP contribution in [0, 0.1) is 6.92 Å².